The van der Waals surface area contributed by atoms with Crippen LogP contribution in [-0.2, 0) is 0 Å². The minimum atomic E-state index is 0.575. The molecule has 0 radical (unpaired) electrons. The van der Waals surface area contributed by atoms with Crippen molar-refractivity contribution in [2.45, 2.75) is 32.7 Å². The van der Waals surface area contributed by atoms with Crippen molar-refractivity contribution in [1.29, 1.82) is 0 Å². The van der Waals surface area contributed by atoms with E-state index in [0.29, 0.717) is 6.04 Å². The lowest BCUT2D eigenvalue weighted by molar-refractivity contribution is 0.229. The van der Waals surface area contributed by atoms with E-state index in [1.807, 2.05) is 6.20 Å². The molecule has 0 saturated carbocycles. The van der Waals surface area contributed by atoms with E-state index in [9.17, 15) is 0 Å². The molecule has 0 bridgehead atoms. The van der Waals surface area contributed by atoms with Gasteiger partial charge < -0.3 is 10.2 Å². The lowest BCUT2D eigenvalue weighted by Crippen LogP contribution is -2.39. The van der Waals surface area contributed by atoms with Gasteiger partial charge in [0.2, 0.25) is 0 Å². The van der Waals surface area contributed by atoms with Crippen LogP contribution in [0.1, 0.15) is 25.3 Å². The fourth-order valence-corrected chi connectivity index (χ4v) is 2.44. The maximum Gasteiger partial charge on any atom is 0.126 e. The largest absolute Gasteiger partial charge is 0.367 e. The highest BCUT2D eigenvalue weighted by Crippen LogP contribution is 2.20. The maximum absolute atomic E-state index is 4.40. The topological polar surface area (TPSA) is 28.2 Å². The van der Waals surface area contributed by atoms with Crippen LogP contribution in [0.2, 0.25) is 0 Å². The second-order valence-corrected chi connectivity index (χ2v) is 5.53. The predicted octanol–water partition coefficient (Wildman–Crippen LogP) is 3.05. The van der Waals surface area contributed by atoms with Crippen LogP contribution in [0.3, 0.4) is 0 Å². The fraction of sp³-hybridized carbons (Fsp3) is 0.615. The summed E-state index contributed by atoms with van der Waals surface area (Å²) in [6, 6.07) is 2.68. The second kappa shape index (κ2) is 5.83. The number of likely N-dealkylation sites (tertiary alicyclic amines) is 1. The van der Waals surface area contributed by atoms with Gasteiger partial charge in [0.25, 0.3) is 0 Å². The third kappa shape index (κ3) is 3.42. The molecule has 4 heteroatoms. The average Bonchev–Trinajstić information content (AvgIpc) is 2.35. The van der Waals surface area contributed by atoms with Crippen LogP contribution in [-0.4, -0.2) is 35.6 Å². The summed E-state index contributed by atoms with van der Waals surface area (Å²) in [5.41, 5.74) is 1.23. The van der Waals surface area contributed by atoms with Gasteiger partial charge >= 0.3 is 0 Å². The van der Waals surface area contributed by atoms with E-state index < -0.39 is 0 Å². The number of pyridine rings is 1. The molecular weight excluding hydrogens is 278 g/mol. The minimum Gasteiger partial charge on any atom is -0.367 e. The van der Waals surface area contributed by atoms with Crippen molar-refractivity contribution in [3.63, 3.8) is 0 Å². The molecule has 0 aliphatic carbocycles. The third-order valence-corrected chi connectivity index (χ3v) is 4.26. The van der Waals surface area contributed by atoms with Crippen molar-refractivity contribution in [1.82, 2.24) is 9.88 Å². The molecule has 1 aromatic rings. The molecule has 1 N–H and O–H groups in total. The summed E-state index contributed by atoms with van der Waals surface area (Å²) in [4.78, 5) is 6.90. The summed E-state index contributed by atoms with van der Waals surface area (Å²) in [6.45, 7) is 7.89. The van der Waals surface area contributed by atoms with E-state index in [1.54, 1.807) is 0 Å². The first kappa shape index (κ1) is 12.8. The van der Waals surface area contributed by atoms with E-state index in [1.165, 1.54) is 38.0 Å². The Morgan fingerprint density at radius 2 is 2.18 bits per heavy atom. The lowest BCUT2D eigenvalue weighted by Gasteiger charge is -2.31. The van der Waals surface area contributed by atoms with Gasteiger partial charge in [-0.05, 0) is 53.9 Å². The van der Waals surface area contributed by atoms with E-state index in [4.69, 9.17) is 0 Å². The molecule has 1 aromatic heterocycles. The third-order valence-electron chi connectivity index (χ3n) is 3.43. The number of anilines is 1. The molecule has 1 aliphatic rings. The molecule has 2 heterocycles. The number of rotatable bonds is 3. The average molecular weight is 298 g/mol. The van der Waals surface area contributed by atoms with Gasteiger partial charge in [-0.3, -0.25) is 0 Å². The van der Waals surface area contributed by atoms with Crippen molar-refractivity contribution in [3.8, 4) is 0 Å². The summed E-state index contributed by atoms with van der Waals surface area (Å²) in [5, 5.41) is 3.53. The molecule has 1 aliphatic heterocycles. The number of piperidine rings is 1. The van der Waals surface area contributed by atoms with Gasteiger partial charge in [0.1, 0.15) is 5.82 Å². The Morgan fingerprint density at radius 1 is 1.47 bits per heavy atom. The van der Waals surface area contributed by atoms with E-state index in [-0.39, 0.29) is 0 Å². The summed E-state index contributed by atoms with van der Waals surface area (Å²) < 4.78 is 1.07. The highest BCUT2D eigenvalue weighted by molar-refractivity contribution is 9.10. The monoisotopic (exact) mass is 297 g/mol. The minimum absolute atomic E-state index is 0.575. The molecule has 0 aromatic carbocycles. The standard InChI is InChI=1S/C13H20BrN3/c1-3-17-6-4-11(5-7-17)16-13-8-10(2)12(14)9-15-13/h8-9,11H,3-7H2,1-2H3,(H,15,16). The Kier molecular flexibility index (Phi) is 4.40. The first-order chi connectivity index (χ1) is 8.19. The molecular formula is C13H20BrN3. The first-order valence-electron chi connectivity index (χ1n) is 6.30. The summed E-state index contributed by atoms with van der Waals surface area (Å²) >= 11 is 3.47. The van der Waals surface area contributed by atoms with Crippen molar-refractivity contribution in [3.05, 3.63) is 22.3 Å². The highest BCUT2D eigenvalue weighted by atomic mass is 79.9. The summed E-state index contributed by atoms with van der Waals surface area (Å²) in [7, 11) is 0. The number of aryl methyl sites for hydroxylation is 1. The molecule has 0 atom stereocenters. The van der Waals surface area contributed by atoms with Crippen LogP contribution >= 0.6 is 15.9 Å². The summed E-state index contributed by atoms with van der Waals surface area (Å²) in [5.74, 6) is 1.00. The summed E-state index contributed by atoms with van der Waals surface area (Å²) in [6.07, 6.45) is 4.30. The van der Waals surface area contributed by atoms with E-state index >= 15 is 0 Å². The Hall–Kier alpha value is -0.610. The van der Waals surface area contributed by atoms with Crippen LogP contribution in [0.4, 0.5) is 5.82 Å². The number of halogens is 1. The Bertz CT molecular complexity index is 373. The van der Waals surface area contributed by atoms with Crippen molar-refractivity contribution in [2.75, 3.05) is 25.0 Å². The quantitative estimate of drug-likeness (QED) is 0.929. The first-order valence-corrected chi connectivity index (χ1v) is 7.09. The number of nitrogens with one attached hydrogen (secondary N) is 1. The number of hydrogen-bond donors (Lipinski definition) is 1. The predicted molar refractivity (Wildman–Crippen MR) is 75.4 cm³/mol. The molecule has 0 unspecified atom stereocenters. The van der Waals surface area contributed by atoms with Gasteiger partial charge in [-0.15, -0.1) is 0 Å². The Balaban J connectivity index is 1.91. The fourth-order valence-electron chi connectivity index (χ4n) is 2.22. The van der Waals surface area contributed by atoms with Crippen LogP contribution in [0.15, 0.2) is 16.7 Å². The number of hydrogen-bond acceptors (Lipinski definition) is 3. The van der Waals surface area contributed by atoms with Crippen molar-refractivity contribution < 1.29 is 0 Å². The molecule has 17 heavy (non-hydrogen) atoms. The van der Waals surface area contributed by atoms with Gasteiger partial charge in [-0.25, -0.2) is 4.98 Å². The molecule has 2 rings (SSSR count). The zero-order valence-corrected chi connectivity index (χ0v) is 12.1. The van der Waals surface area contributed by atoms with Gasteiger partial charge in [0, 0.05) is 29.8 Å². The van der Waals surface area contributed by atoms with Gasteiger partial charge in [0.05, 0.1) is 0 Å². The Labute approximate surface area is 112 Å². The van der Waals surface area contributed by atoms with Crippen molar-refractivity contribution >= 4 is 21.7 Å². The van der Waals surface area contributed by atoms with Crippen molar-refractivity contribution in [2.24, 2.45) is 0 Å². The van der Waals surface area contributed by atoms with Crippen LogP contribution in [0, 0.1) is 6.92 Å². The number of aromatic nitrogens is 1. The second-order valence-electron chi connectivity index (χ2n) is 4.67. The SMILES string of the molecule is CCN1CCC(Nc2cc(C)c(Br)cn2)CC1. The van der Waals surface area contributed by atoms with E-state index in [2.05, 4.69) is 51.0 Å². The lowest BCUT2D eigenvalue weighted by atomic mass is 10.1. The zero-order chi connectivity index (χ0) is 12.3. The van der Waals surface area contributed by atoms with E-state index in [0.717, 1.165) is 10.3 Å². The van der Waals surface area contributed by atoms with Gasteiger partial charge in [-0.2, -0.15) is 0 Å². The number of nitrogens with zero attached hydrogens (tertiary/aromatic N) is 2. The van der Waals surface area contributed by atoms with Crippen LogP contribution < -0.4 is 5.32 Å². The normalized spacial score (nSPS) is 18.3. The molecule has 1 fully saturated rings. The molecule has 0 spiro atoms. The molecule has 1 saturated heterocycles. The molecule has 94 valence electrons. The zero-order valence-electron chi connectivity index (χ0n) is 10.5. The maximum atomic E-state index is 4.40. The van der Waals surface area contributed by atoms with Gasteiger partial charge in [-0.1, -0.05) is 6.92 Å². The molecule has 3 nitrogen and oxygen atoms in total. The van der Waals surface area contributed by atoms with Crippen LogP contribution in [0.25, 0.3) is 0 Å². The smallest absolute Gasteiger partial charge is 0.126 e. The Morgan fingerprint density at radius 3 is 2.76 bits per heavy atom. The molecule has 0 amide bonds. The highest BCUT2D eigenvalue weighted by Gasteiger charge is 2.17. The van der Waals surface area contributed by atoms with Gasteiger partial charge in [0.15, 0.2) is 0 Å². The van der Waals surface area contributed by atoms with Crippen LogP contribution in [0.5, 0.6) is 0 Å².